The van der Waals surface area contributed by atoms with Gasteiger partial charge in [0.05, 0.1) is 32.8 Å². The minimum Gasteiger partial charge on any atom is -0.316 e. The molecule has 15 heteroatoms. The number of nitrogens with zero attached hydrogens (tertiary/aromatic N) is 5. The van der Waals surface area contributed by atoms with E-state index < -0.39 is 35.5 Å². The highest BCUT2D eigenvalue weighted by Gasteiger charge is 2.56. The van der Waals surface area contributed by atoms with E-state index in [2.05, 4.69) is 26.8 Å². The number of fused-ring (bicyclic) bond motifs is 3. The molecule has 3 saturated heterocycles. The Kier molecular flexibility index (Phi) is 18.4. The van der Waals surface area contributed by atoms with Crippen LogP contribution in [-0.2, 0) is 14.4 Å². The normalized spacial score (nSPS) is 31.6. The van der Waals surface area contributed by atoms with Crippen LogP contribution in [0.2, 0.25) is 0 Å². The molecule has 9 nitrogen and oxygen atoms in total. The van der Waals surface area contributed by atoms with Gasteiger partial charge in [0, 0.05) is 42.3 Å². The van der Waals surface area contributed by atoms with Crippen LogP contribution in [0.3, 0.4) is 0 Å². The van der Waals surface area contributed by atoms with Crippen LogP contribution in [0.5, 0.6) is 0 Å². The Morgan fingerprint density at radius 2 is 0.891 bits per heavy atom. The highest BCUT2D eigenvalue weighted by molar-refractivity contribution is 6.03. The molecule has 3 heterocycles. The fourth-order valence-corrected chi connectivity index (χ4v) is 11.9. The third-order valence-corrected chi connectivity index (χ3v) is 15.4. The van der Waals surface area contributed by atoms with Crippen LogP contribution < -0.4 is 5.32 Å². The average Bonchev–Trinajstić information content (AvgIpc) is 3.25. The fourth-order valence-electron chi connectivity index (χ4n) is 11.9. The average molecular weight is 905 g/mol. The number of rotatable bonds is 8. The molecule has 1 N–H and O–H groups in total. The van der Waals surface area contributed by atoms with Crippen LogP contribution in [0.4, 0.5) is 26.3 Å². The first-order valence-electron chi connectivity index (χ1n) is 22.7. The zero-order valence-corrected chi connectivity index (χ0v) is 39.5. The Labute approximate surface area is 378 Å². The Balaban J connectivity index is 0.000000243. The van der Waals surface area contributed by atoms with Crippen LogP contribution in [-0.4, -0.2) is 98.8 Å². The number of hydrogen-bond donors (Lipinski definition) is 1. The monoisotopic (exact) mass is 905 g/mol. The first-order valence-corrected chi connectivity index (χ1v) is 22.7. The number of halogens is 6. The predicted molar refractivity (Wildman–Crippen MR) is 237 cm³/mol. The fraction of sp³-hybridized carbons (Fsp3) is 0.755. The Bertz CT molecular complexity index is 1830. The van der Waals surface area contributed by atoms with Gasteiger partial charge in [-0.3, -0.25) is 9.80 Å². The molecule has 0 spiro atoms. The second-order valence-corrected chi connectivity index (χ2v) is 20.1. The molecular weight excluding hydrogens is 835 g/mol. The molecule has 64 heavy (non-hydrogen) atoms. The molecule has 0 amide bonds. The van der Waals surface area contributed by atoms with E-state index in [0.29, 0.717) is 37.8 Å². The largest absolute Gasteiger partial charge is 0.316 e. The second-order valence-electron chi connectivity index (χ2n) is 20.1. The van der Waals surface area contributed by atoms with E-state index in [4.69, 9.17) is 19.7 Å². The van der Waals surface area contributed by atoms with E-state index in [-0.39, 0.29) is 76.3 Å². The van der Waals surface area contributed by atoms with Crippen LogP contribution in [0.15, 0.2) is 35.3 Å². The summed E-state index contributed by atoms with van der Waals surface area (Å²) in [6, 6.07) is 0. The molecule has 0 aromatic carbocycles. The van der Waals surface area contributed by atoms with Crippen molar-refractivity contribution < 1.29 is 40.7 Å². The predicted octanol–water partition coefficient (Wildman–Crippen LogP) is 10.8. The summed E-state index contributed by atoms with van der Waals surface area (Å²) in [6.45, 7) is 44.5. The summed E-state index contributed by atoms with van der Waals surface area (Å²) in [5.41, 5.74) is -1.58. The lowest BCUT2D eigenvalue weighted by Crippen LogP contribution is -2.57. The number of alkyl halides is 6. The molecule has 6 rings (SSSR count). The molecule has 3 aliphatic carbocycles. The van der Waals surface area contributed by atoms with Crippen molar-refractivity contribution in [2.24, 2.45) is 50.2 Å². The number of ketones is 3. The van der Waals surface area contributed by atoms with Gasteiger partial charge < -0.3 is 19.7 Å². The first kappa shape index (κ1) is 54.5. The third-order valence-electron chi connectivity index (χ3n) is 15.4. The van der Waals surface area contributed by atoms with Crippen molar-refractivity contribution in [3.63, 3.8) is 0 Å². The Hall–Kier alpha value is -3.84. The lowest BCUT2D eigenvalue weighted by molar-refractivity contribution is -0.134. The molecule has 3 aliphatic heterocycles. The maximum absolute atomic E-state index is 12.7. The summed E-state index contributed by atoms with van der Waals surface area (Å²) in [6.07, 6.45) is 3.62. The Morgan fingerprint density at radius 1 is 0.578 bits per heavy atom. The van der Waals surface area contributed by atoms with E-state index in [1.807, 2.05) is 61.5 Å². The molecule has 0 radical (unpaired) electrons. The molecule has 3 fully saturated rings. The van der Waals surface area contributed by atoms with Gasteiger partial charge in [0.25, 0.3) is 12.9 Å². The van der Waals surface area contributed by atoms with E-state index in [1.165, 1.54) is 6.92 Å². The standard InChI is InChI=1S/2C16H22F2N2O.C14H20N2O.C3H6F2/c2*1-5-16-8-11(19-4)14(21)15(2,3)12(16)6-7-20(10-16)9-13(17)18;1-5-14-8-10(15-4)12(17)13(2,3)11(14)6-7-16-9-14;1-2-3(4)5/h2*8,12-13H,5-7,9-10H2,1-3H3;8,11,16H,5-7,9H2,1-3H3;3H,2H2,1H3/t2*12-,16+;11-,14+;/m100./s1. The second kappa shape index (κ2) is 21.6. The van der Waals surface area contributed by atoms with E-state index in [0.717, 1.165) is 51.6 Å². The van der Waals surface area contributed by atoms with Gasteiger partial charge in [-0.1, -0.05) is 87.5 Å². The summed E-state index contributed by atoms with van der Waals surface area (Å²) in [4.78, 5) is 50.9. The maximum Gasteiger partial charge on any atom is 0.251 e. The number of nitrogens with one attached hydrogen (secondary N) is 1. The lowest BCUT2D eigenvalue weighted by Gasteiger charge is -2.54. The van der Waals surface area contributed by atoms with E-state index in [9.17, 15) is 40.7 Å². The van der Waals surface area contributed by atoms with Crippen molar-refractivity contribution in [2.45, 2.75) is 133 Å². The number of carbonyl (C=O) groups is 3. The van der Waals surface area contributed by atoms with Crippen molar-refractivity contribution >= 4 is 17.3 Å². The van der Waals surface area contributed by atoms with Gasteiger partial charge in [-0.05, 0) is 92.2 Å². The number of likely N-dealkylation sites (tertiary alicyclic amines) is 2. The molecule has 0 aromatic rings. The smallest absolute Gasteiger partial charge is 0.251 e. The van der Waals surface area contributed by atoms with Gasteiger partial charge in [-0.25, -0.2) is 40.9 Å². The topological polar surface area (TPSA) is 82.8 Å². The zero-order valence-electron chi connectivity index (χ0n) is 39.5. The SMILES string of the molecule is CCC(F)F.[C-]#[N+]C1=C[C@@]2(CC)CN(CC(F)F)CC[C@@H]2C(C)(C)C1=O.[C-]#[N+]C1=C[C@]2(CC)CN(CC(F)F)CC[C@H]2C(C)(C)C1=O.[C-]#[N+]C1=C[C@]2(CC)CNCC[C@H]2C(C)(C)C1=O. The maximum atomic E-state index is 12.7. The highest BCUT2D eigenvalue weighted by Crippen LogP contribution is 2.56. The van der Waals surface area contributed by atoms with Gasteiger partial charge in [0.2, 0.25) is 23.5 Å². The van der Waals surface area contributed by atoms with E-state index >= 15 is 0 Å². The molecule has 0 saturated carbocycles. The minimum atomic E-state index is -2.35. The third kappa shape index (κ3) is 11.2. The number of Topliss-reactive ketones (excluding diaryl/α,β-unsaturated/α-hetero) is 3. The molecule has 6 aliphatic rings. The van der Waals surface area contributed by atoms with Crippen LogP contribution in [0, 0.1) is 70.0 Å². The van der Waals surface area contributed by atoms with E-state index in [1.54, 1.807) is 22.0 Å². The molecule has 356 valence electrons. The summed E-state index contributed by atoms with van der Waals surface area (Å²) < 4.78 is 72.2. The number of carbonyl (C=O) groups excluding carboxylic acids is 3. The van der Waals surface area contributed by atoms with Gasteiger partial charge in [-0.15, -0.1) is 0 Å². The summed E-state index contributed by atoms with van der Waals surface area (Å²) in [5, 5.41) is 3.41. The Morgan fingerprint density at radius 3 is 1.17 bits per heavy atom. The van der Waals surface area contributed by atoms with Crippen LogP contribution >= 0.6 is 0 Å². The van der Waals surface area contributed by atoms with Crippen LogP contribution in [0.1, 0.15) is 114 Å². The van der Waals surface area contributed by atoms with Gasteiger partial charge >= 0.3 is 0 Å². The number of piperidine rings is 3. The molecule has 0 bridgehead atoms. The van der Waals surface area contributed by atoms with Crippen molar-refractivity contribution in [1.82, 2.24) is 15.1 Å². The van der Waals surface area contributed by atoms with Gasteiger partial charge in [-0.2, -0.15) is 0 Å². The quantitative estimate of drug-likeness (QED) is 0.193. The molecule has 0 unspecified atom stereocenters. The molecule has 6 atom stereocenters. The van der Waals surface area contributed by atoms with Crippen molar-refractivity contribution in [3.8, 4) is 0 Å². The van der Waals surface area contributed by atoms with Gasteiger partial charge in [0.15, 0.2) is 17.3 Å². The first-order chi connectivity index (χ1) is 29.8. The highest BCUT2D eigenvalue weighted by atomic mass is 19.3. The van der Waals surface area contributed by atoms with Gasteiger partial charge in [0.1, 0.15) is 0 Å². The molecular formula is C49H70F6N6O3. The van der Waals surface area contributed by atoms with Crippen LogP contribution in [0.25, 0.3) is 14.5 Å². The minimum absolute atomic E-state index is 0.00442. The van der Waals surface area contributed by atoms with Crippen molar-refractivity contribution in [3.05, 3.63) is 69.6 Å². The zero-order chi connectivity index (χ0) is 48.6. The lowest BCUT2D eigenvalue weighted by atomic mass is 9.54. The summed E-state index contributed by atoms with van der Waals surface area (Å²) in [5.74, 6) is 0.411. The summed E-state index contributed by atoms with van der Waals surface area (Å²) in [7, 11) is 0. The summed E-state index contributed by atoms with van der Waals surface area (Å²) >= 11 is 0. The van der Waals surface area contributed by atoms with Crippen molar-refractivity contribution in [2.75, 3.05) is 52.4 Å². The molecule has 0 aromatic heterocycles. The number of hydrogen-bond acceptors (Lipinski definition) is 6. The van der Waals surface area contributed by atoms with Crippen molar-refractivity contribution in [1.29, 1.82) is 0 Å². The number of allylic oxidation sites excluding steroid dienone is 3.